The summed E-state index contributed by atoms with van der Waals surface area (Å²) in [6.07, 6.45) is 1.25. The number of carbonyl (C=O) groups is 1. The SMILES string of the molecule is CNS(=O)(=O)c1cccc(-c2ccc3sc(-c4c(NC(=O)CCNCCOC)sc5c4CCNC5)nc3c2)c1. The lowest BCUT2D eigenvalue weighted by Crippen LogP contribution is -2.24. The topological polar surface area (TPSA) is 121 Å². The number of nitrogens with zero attached hydrogens (tertiary/aromatic N) is 1. The molecule has 4 aromatic rings. The van der Waals surface area contributed by atoms with E-state index < -0.39 is 10.0 Å². The Morgan fingerprint density at radius 3 is 2.79 bits per heavy atom. The Bertz CT molecular complexity index is 1600. The zero-order valence-corrected chi connectivity index (χ0v) is 24.2. The number of nitrogens with one attached hydrogen (secondary N) is 4. The fourth-order valence-corrected chi connectivity index (χ4v) is 7.61. The first-order chi connectivity index (χ1) is 18.9. The number of fused-ring (bicyclic) bond motifs is 2. The van der Waals surface area contributed by atoms with Crippen LogP contribution >= 0.6 is 22.7 Å². The van der Waals surface area contributed by atoms with Crippen LogP contribution in [0, 0.1) is 0 Å². The molecule has 2 aromatic carbocycles. The molecule has 0 saturated heterocycles. The van der Waals surface area contributed by atoms with E-state index >= 15 is 0 Å². The Morgan fingerprint density at radius 1 is 1.13 bits per heavy atom. The molecule has 0 atom stereocenters. The highest BCUT2D eigenvalue weighted by Crippen LogP contribution is 2.45. The molecule has 1 aliphatic heterocycles. The van der Waals surface area contributed by atoms with Crippen LogP contribution in [0.5, 0.6) is 0 Å². The van der Waals surface area contributed by atoms with Gasteiger partial charge in [-0.3, -0.25) is 4.79 Å². The van der Waals surface area contributed by atoms with Gasteiger partial charge >= 0.3 is 0 Å². The maximum Gasteiger partial charge on any atom is 0.240 e. The number of amides is 1. The smallest absolute Gasteiger partial charge is 0.240 e. The summed E-state index contributed by atoms with van der Waals surface area (Å²) < 4.78 is 33.0. The number of methoxy groups -OCH3 is 1. The molecule has 0 unspecified atom stereocenters. The van der Waals surface area contributed by atoms with Gasteiger partial charge in [-0.25, -0.2) is 18.1 Å². The highest BCUT2D eigenvalue weighted by Gasteiger charge is 2.25. The normalized spacial score (nSPS) is 13.5. The van der Waals surface area contributed by atoms with Crippen LogP contribution in [0.1, 0.15) is 16.9 Å². The van der Waals surface area contributed by atoms with E-state index in [2.05, 4.69) is 20.7 Å². The third-order valence-electron chi connectivity index (χ3n) is 6.54. The number of hydrogen-bond donors (Lipinski definition) is 4. The Labute approximate surface area is 236 Å². The molecule has 9 nitrogen and oxygen atoms in total. The van der Waals surface area contributed by atoms with Gasteiger partial charge in [-0.2, -0.15) is 0 Å². The van der Waals surface area contributed by atoms with E-state index in [1.54, 1.807) is 48.0 Å². The molecular weight excluding hydrogens is 555 g/mol. The summed E-state index contributed by atoms with van der Waals surface area (Å²) in [7, 11) is -0.484. The van der Waals surface area contributed by atoms with Gasteiger partial charge in [0.05, 0.1) is 21.7 Å². The van der Waals surface area contributed by atoms with Crippen molar-refractivity contribution in [2.24, 2.45) is 0 Å². The number of sulfonamides is 1. The number of aromatic nitrogens is 1. The minimum absolute atomic E-state index is 0.0347. The molecule has 0 aliphatic carbocycles. The van der Waals surface area contributed by atoms with Crippen molar-refractivity contribution in [3.05, 3.63) is 52.9 Å². The summed E-state index contributed by atoms with van der Waals surface area (Å²) in [6.45, 7) is 3.56. The number of thiazole rings is 1. The van der Waals surface area contributed by atoms with Crippen LogP contribution in [-0.2, 0) is 32.5 Å². The van der Waals surface area contributed by atoms with Crippen molar-refractivity contribution in [1.82, 2.24) is 20.3 Å². The molecule has 1 aliphatic rings. The second kappa shape index (κ2) is 12.2. The Morgan fingerprint density at radius 2 is 1.97 bits per heavy atom. The van der Waals surface area contributed by atoms with Crippen molar-refractivity contribution in [2.45, 2.75) is 24.3 Å². The van der Waals surface area contributed by atoms with E-state index in [1.807, 2.05) is 24.3 Å². The molecular formula is C27H31N5O4S3. The molecule has 0 bridgehead atoms. The minimum Gasteiger partial charge on any atom is -0.383 e. The molecule has 39 heavy (non-hydrogen) atoms. The number of anilines is 1. The minimum atomic E-state index is -3.54. The van der Waals surface area contributed by atoms with Crippen LogP contribution in [0.25, 0.3) is 31.9 Å². The molecule has 2 aromatic heterocycles. The first kappa shape index (κ1) is 27.8. The lowest BCUT2D eigenvalue weighted by Gasteiger charge is -2.13. The number of benzene rings is 2. The number of ether oxygens (including phenoxy) is 1. The molecule has 1 amide bonds. The van der Waals surface area contributed by atoms with E-state index in [4.69, 9.17) is 9.72 Å². The van der Waals surface area contributed by atoms with E-state index in [9.17, 15) is 13.2 Å². The van der Waals surface area contributed by atoms with Crippen LogP contribution in [0.3, 0.4) is 0 Å². The maximum atomic E-state index is 12.8. The summed E-state index contributed by atoms with van der Waals surface area (Å²) in [6, 6.07) is 12.9. The van der Waals surface area contributed by atoms with Crippen molar-refractivity contribution in [2.75, 3.05) is 45.7 Å². The Hall–Kier alpha value is -2.71. The number of thiophene rings is 1. The molecule has 0 fully saturated rings. The summed E-state index contributed by atoms with van der Waals surface area (Å²) in [5, 5.41) is 11.5. The van der Waals surface area contributed by atoms with Crippen molar-refractivity contribution < 1.29 is 17.9 Å². The van der Waals surface area contributed by atoms with Gasteiger partial charge in [0.15, 0.2) is 0 Å². The molecule has 0 spiro atoms. The summed E-state index contributed by atoms with van der Waals surface area (Å²) in [5.41, 5.74) is 4.79. The number of rotatable bonds is 11. The standard InChI is InChI=1S/C27H31N5O4S3/c1-28-39(34,35)19-5-3-4-17(14-19)18-6-7-22-21(15-18)31-26(37-22)25-20-8-10-30-16-23(20)38-27(25)32-24(33)9-11-29-12-13-36-2/h3-7,14-15,28-30H,8-13,16H2,1-2H3,(H,32,33). The molecule has 5 rings (SSSR count). The van der Waals surface area contributed by atoms with E-state index in [0.29, 0.717) is 26.1 Å². The molecule has 3 heterocycles. The van der Waals surface area contributed by atoms with Gasteiger partial charge in [0, 0.05) is 43.6 Å². The Kier molecular flexibility index (Phi) is 8.72. The van der Waals surface area contributed by atoms with E-state index in [0.717, 1.165) is 56.4 Å². The fourth-order valence-electron chi connectivity index (χ4n) is 4.51. The third kappa shape index (κ3) is 6.22. The summed E-state index contributed by atoms with van der Waals surface area (Å²) in [5.74, 6) is -0.0347. The third-order valence-corrected chi connectivity index (χ3v) is 10.2. The van der Waals surface area contributed by atoms with Crippen LogP contribution < -0.4 is 20.7 Å². The molecule has 206 valence electrons. The summed E-state index contributed by atoms with van der Waals surface area (Å²) >= 11 is 3.22. The van der Waals surface area contributed by atoms with Gasteiger partial charge in [0.2, 0.25) is 15.9 Å². The van der Waals surface area contributed by atoms with Gasteiger partial charge in [0.25, 0.3) is 0 Å². The number of hydrogen-bond acceptors (Lipinski definition) is 9. The highest BCUT2D eigenvalue weighted by molar-refractivity contribution is 7.89. The molecule has 0 saturated carbocycles. The van der Waals surface area contributed by atoms with Crippen LogP contribution in [0.4, 0.5) is 5.00 Å². The Balaban J connectivity index is 1.45. The van der Waals surface area contributed by atoms with Gasteiger partial charge in [-0.15, -0.1) is 22.7 Å². The summed E-state index contributed by atoms with van der Waals surface area (Å²) in [4.78, 5) is 19.2. The molecule has 4 N–H and O–H groups in total. The highest BCUT2D eigenvalue weighted by atomic mass is 32.2. The monoisotopic (exact) mass is 585 g/mol. The average Bonchev–Trinajstić information content (AvgIpc) is 3.53. The van der Waals surface area contributed by atoms with Crippen molar-refractivity contribution in [3.63, 3.8) is 0 Å². The predicted molar refractivity (Wildman–Crippen MR) is 158 cm³/mol. The second-order valence-corrected chi connectivity index (χ2v) is 13.1. The van der Waals surface area contributed by atoms with Gasteiger partial charge in [-0.05, 0) is 61.0 Å². The lowest BCUT2D eigenvalue weighted by molar-refractivity contribution is -0.116. The maximum absolute atomic E-state index is 12.8. The average molecular weight is 586 g/mol. The van der Waals surface area contributed by atoms with Crippen molar-refractivity contribution >= 4 is 53.8 Å². The lowest BCUT2D eigenvalue weighted by atomic mass is 10.0. The zero-order chi connectivity index (χ0) is 27.4. The predicted octanol–water partition coefficient (Wildman–Crippen LogP) is 3.81. The molecule has 0 radical (unpaired) electrons. The zero-order valence-electron chi connectivity index (χ0n) is 21.8. The first-order valence-corrected chi connectivity index (χ1v) is 15.8. The van der Waals surface area contributed by atoms with Gasteiger partial charge in [-0.1, -0.05) is 18.2 Å². The fraction of sp³-hybridized carbons (Fsp3) is 0.333. The van der Waals surface area contributed by atoms with Crippen molar-refractivity contribution in [3.8, 4) is 21.7 Å². The van der Waals surface area contributed by atoms with E-state index in [1.165, 1.54) is 17.5 Å². The van der Waals surface area contributed by atoms with E-state index in [-0.39, 0.29) is 10.8 Å². The first-order valence-electron chi connectivity index (χ1n) is 12.7. The van der Waals surface area contributed by atoms with Crippen LogP contribution in [0.2, 0.25) is 0 Å². The second-order valence-electron chi connectivity index (χ2n) is 9.11. The molecule has 12 heteroatoms. The van der Waals surface area contributed by atoms with Crippen LogP contribution in [-0.4, -0.2) is 59.7 Å². The van der Waals surface area contributed by atoms with Gasteiger partial charge < -0.3 is 20.7 Å². The van der Waals surface area contributed by atoms with Crippen LogP contribution in [0.15, 0.2) is 47.4 Å². The van der Waals surface area contributed by atoms with Crippen molar-refractivity contribution in [1.29, 1.82) is 0 Å². The number of carbonyl (C=O) groups excluding carboxylic acids is 1. The quantitative estimate of drug-likeness (QED) is 0.198. The largest absolute Gasteiger partial charge is 0.383 e. The van der Waals surface area contributed by atoms with Gasteiger partial charge in [0.1, 0.15) is 10.0 Å².